The molecular formula is C22H21Cl2FN6O. The molecule has 0 bridgehead atoms. The highest BCUT2D eigenvalue weighted by atomic mass is 35.5. The van der Waals surface area contributed by atoms with E-state index in [-0.39, 0.29) is 15.6 Å². The summed E-state index contributed by atoms with van der Waals surface area (Å²) in [7, 11) is 0. The number of amides is 1. The van der Waals surface area contributed by atoms with Gasteiger partial charge in [-0.25, -0.2) is 14.4 Å². The fraction of sp³-hybridized carbons (Fsp3) is 0.273. The van der Waals surface area contributed by atoms with Crippen LogP contribution in [0.1, 0.15) is 28.9 Å². The van der Waals surface area contributed by atoms with Gasteiger partial charge in [0, 0.05) is 42.8 Å². The number of hydrogen-bond donors (Lipinski definition) is 2. The van der Waals surface area contributed by atoms with Crippen LogP contribution >= 0.6 is 23.2 Å². The normalized spacial score (nSPS) is 14.3. The first-order valence-corrected chi connectivity index (χ1v) is 10.9. The molecule has 10 heteroatoms. The molecular weight excluding hydrogens is 454 g/mol. The summed E-state index contributed by atoms with van der Waals surface area (Å²) in [5.41, 5.74) is 1.49. The second kappa shape index (κ2) is 9.67. The molecule has 2 aromatic heterocycles. The maximum Gasteiger partial charge on any atom is 0.258 e. The zero-order valence-corrected chi connectivity index (χ0v) is 18.8. The van der Waals surface area contributed by atoms with Crippen LogP contribution in [0.3, 0.4) is 0 Å². The van der Waals surface area contributed by atoms with Gasteiger partial charge in [0.15, 0.2) is 0 Å². The molecule has 1 saturated heterocycles. The summed E-state index contributed by atoms with van der Waals surface area (Å²) in [5.74, 6) is 1.17. The van der Waals surface area contributed by atoms with Crippen LogP contribution in [-0.4, -0.2) is 40.1 Å². The summed E-state index contributed by atoms with van der Waals surface area (Å²) in [5, 5.41) is 6.46. The van der Waals surface area contributed by atoms with Crippen molar-refractivity contribution < 1.29 is 9.18 Å². The van der Waals surface area contributed by atoms with Crippen LogP contribution in [0.2, 0.25) is 10.0 Å². The van der Waals surface area contributed by atoms with Crippen molar-refractivity contribution >= 4 is 52.4 Å². The van der Waals surface area contributed by atoms with Gasteiger partial charge in [-0.15, -0.1) is 0 Å². The maximum atomic E-state index is 13.5. The van der Waals surface area contributed by atoms with E-state index in [2.05, 4.69) is 25.6 Å². The number of carbonyl (C=O) groups is 1. The van der Waals surface area contributed by atoms with Gasteiger partial charge in [0.2, 0.25) is 5.95 Å². The van der Waals surface area contributed by atoms with E-state index in [1.807, 2.05) is 11.8 Å². The first-order chi connectivity index (χ1) is 15.4. The van der Waals surface area contributed by atoms with Gasteiger partial charge in [-0.05, 0) is 38.0 Å². The van der Waals surface area contributed by atoms with Gasteiger partial charge in [-0.2, -0.15) is 4.98 Å². The molecule has 7 nitrogen and oxygen atoms in total. The van der Waals surface area contributed by atoms with E-state index in [1.165, 1.54) is 0 Å². The third-order valence-corrected chi connectivity index (χ3v) is 5.64. The number of halogens is 3. The summed E-state index contributed by atoms with van der Waals surface area (Å²) in [6.07, 6.45) is 1.74. The molecule has 0 spiro atoms. The number of carbonyl (C=O) groups excluding carboxylic acids is 1. The number of pyridine rings is 1. The molecule has 2 N–H and O–H groups in total. The fourth-order valence-corrected chi connectivity index (χ4v) is 3.99. The SMILES string of the molecule is Cc1cc(Nc2cc(NC(=O)c3c(Cl)cccc3Cl)ccn2)nc(N2CCC(F)CC2)n1. The predicted molar refractivity (Wildman–Crippen MR) is 125 cm³/mol. The van der Waals surface area contributed by atoms with Gasteiger partial charge < -0.3 is 15.5 Å². The Morgan fingerprint density at radius 2 is 1.81 bits per heavy atom. The lowest BCUT2D eigenvalue weighted by Crippen LogP contribution is -2.35. The van der Waals surface area contributed by atoms with Crippen LogP contribution in [0, 0.1) is 6.92 Å². The van der Waals surface area contributed by atoms with Crippen molar-refractivity contribution in [2.45, 2.75) is 25.9 Å². The van der Waals surface area contributed by atoms with Gasteiger partial charge in [0.25, 0.3) is 5.91 Å². The van der Waals surface area contributed by atoms with Crippen molar-refractivity contribution in [1.29, 1.82) is 0 Å². The zero-order chi connectivity index (χ0) is 22.7. The minimum atomic E-state index is -0.767. The monoisotopic (exact) mass is 474 g/mol. The topological polar surface area (TPSA) is 83.0 Å². The average Bonchev–Trinajstić information content (AvgIpc) is 2.74. The average molecular weight is 475 g/mol. The molecule has 1 aliphatic rings. The number of aromatic nitrogens is 3. The van der Waals surface area contributed by atoms with Gasteiger partial charge in [-0.3, -0.25) is 4.79 Å². The number of anilines is 4. The van der Waals surface area contributed by atoms with Crippen molar-refractivity contribution in [1.82, 2.24) is 15.0 Å². The van der Waals surface area contributed by atoms with Gasteiger partial charge >= 0.3 is 0 Å². The molecule has 3 heterocycles. The number of alkyl halides is 1. The minimum absolute atomic E-state index is 0.204. The molecule has 1 aliphatic heterocycles. The fourth-order valence-electron chi connectivity index (χ4n) is 3.42. The minimum Gasteiger partial charge on any atom is -0.341 e. The molecule has 166 valence electrons. The lowest BCUT2D eigenvalue weighted by Gasteiger charge is -2.29. The largest absolute Gasteiger partial charge is 0.341 e. The number of aryl methyl sites for hydroxylation is 1. The van der Waals surface area contributed by atoms with Crippen LogP contribution < -0.4 is 15.5 Å². The summed E-state index contributed by atoms with van der Waals surface area (Å²) >= 11 is 12.2. The second-order valence-corrected chi connectivity index (χ2v) is 8.28. The highest BCUT2D eigenvalue weighted by Crippen LogP contribution is 2.26. The van der Waals surface area contributed by atoms with Crippen molar-refractivity contribution in [3.05, 3.63) is 63.9 Å². The number of nitrogens with one attached hydrogen (secondary N) is 2. The quantitative estimate of drug-likeness (QED) is 0.513. The lowest BCUT2D eigenvalue weighted by molar-refractivity contribution is 0.102. The van der Waals surface area contributed by atoms with Crippen LogP contribution in [0.15, 0.2) is 42.6 Å². The molecule has 0 unspecified atom stereocenters. The van der Waals surface area contributed by atoms with Crippen LogP contribution in [0.25, 0.3) is 0 Å². The number of rotatable bonds is 5. The van der Waals surface area contributed by atoms with Crippen LogP contribution in [0.5, 0.6) is 0 Å². The number of piperidine rings is 1. The van der Waals surface area contributed by atoms with E-state index in [4.69, 9.17) is 23.2 Å². The first kappa shape index (κ1) is 22.2. The Morgan fingerprint density at radius 1 is 1.09 bits per heavy atom. The third kappa shape index (κ3) is 5.26. The summed E-state index contributed by atoms with van der Waals surface area (Å²) < 4.78 is 13.5. The molecule has 0 atom stereocenters. The molecule has 3 aromatic rings. The summed E-state index contributed by atoms with van der Waals surface area (Å²) in [6, 6.07) is 10.0. The Kier molecular flexibility index (Phi) is 6.72. The van der Waals surface area contributed by atoms with Gasteiger partial charge in [0.05, 0.1) is 15.6 Å². The Hall–Kier alpha value is -2.97. The smallest absolute Gasteiger partial charge is 0.258 e. The molecule has 4 rings (SSSR count). The van der Waals surface area contributed by atoms with E-state index in [9.17, 15) is 9.18 Å². The lowest BCUT2D eigenvalue weighted by atomic mass is 10.1. The number of nitrogens with zero attached hydrogens (tertiary/aromatic N) is 4. The Balaban J connectivity index is 1.50. The van der Waals surface area contributed by atoms with E-state index in [0.29, 0.717) is 49.2 Å². The van der Waals surface area contributed by atoms with Crippen molar-refractivity contribution in [3.63, 3.8) is 0 Å². The maximum absolute atomic E-state index is 13.5. The summed E-state index contributed by atoms with van der Waals surface area (Å²) in [6.45, 7) is 3.03. The predicted octanol–water partition coefficient (Wildman–Crippen LogP) is 5.42. The van der Waals surface area contributed by atoms with Crippen LogP contribution in [-0.2, 0) is 0 Å². The molecule has 1 aromatic carbocycles. The van der Waals surface area contributed by atoms with E-state index in [0.717, 1.165) is 5.69 Å². The van der Waals surface area contributed by atoms with Crippen molar-refractivity contribution in [2.75, 3.05) is 28.6 Å². The Morgan fingerprint density at radius 3 is 2.53 bits per heavy atom. The molecule has 1 amide bonds. The zero-order valence-electron chi connectivity index (χ0n) is 17.3. The third-order valence-electron chi connectivity index (χ3n) is 5.01. The molecule has 0 aliphatic carbocycles. The summed E-state index contributed by atoms with van der Waals surface area (Å²) in [4.78, 5) is 27.9. The molecule has 32 heavy (non-hydrogen) atoms. The van der Waals surface area contributed by atoms with E-state index in [1.54, 1.807) is 42.6 Å². The number of hydrogen-bond acceptors (Lipinski definition) is 6. The van der Waals surface area contributed by atoms with E-state index < -0.39 is 12.1 Å². The van der Waals surface area contributed by atoms with Crippen LogP contribution in [0.4, 0.5) is 27.7 Å². The highest BCUT2D eigenvalue weighted by Gasteiger charge is 2.21. The first-order valence-electron chi connectivity index (χ1n) is 10.1. The van der Waals surface area contributed by atoms with Crippen molar-refractivity contribution in [3.8, 4) is 0 Å². The Labute approximate surface area is 195 Å². The van der Waals surface area contributed by atoms with E-state index >= 15 is 0 Å². The van der Waals surface area contributed by atoms with Gasteiger partial charge in [-0.1, -0.05) is 29.3 Å². The molecule has 0 saturated carbocycles. The highest BCUT2D eigenvalue weighted by molar-refractivity contribution is 6.40. The van der Waals surface area contributed by atoms with Gasteiger partial charge in [0.1, 0.15) is 17.8 Å². The number of benzene rings is 1. The standard InChI is InChI=1S/C22H21Cl2FN6O/c1-13-11-19(30-22(27-13)31-9-6-14(25)7-10-31)29-18-12-15(5-8-26-18)28-21(32)20-16(23)3-2-4-17(20)24/h2-5,8,11-12,14H,6-7,9-10H2,1H3,(H2,26,27,28,29,30,32). The molecule has 1 fully saturated rings. The molecule has 0 radical (unpaired) electrons. The Bertz CT molecular complexity index is 1120. The second-order valence-electron chi connectivity index (χ2n) is 7.46. The van der Waals surface area contributed by atoms with Crippen molar-refractivity contribution in [2.24, 2.45) is 0 Å².